The molecule has 0 aromatic heterocycles. The normalized spacial score (nSPS) is 10.0. The molecule has 2 aromatic carbocycles. The Balaban J connectivity index is 2.56. The highest BCUT2D eigenvalue weighted by Gasteiger charge is 2.07. The number of carbonyl (C=O) groups excluding carboxylic acids is 1. The fraction of sp³-hybridized carbons (Fsp3) is 0.0714. The largest absolute Gasteiger partial charge is 0.495 e. The van der Waals surface area contributed by atoms with Gasteiger partial charge in [-0.1, -0.05) is 41.9 Å². The van der Waals surface area contributed by atoms with Crippen molar-refractivity contribution in [2.45, 2.75) is 0 Å². The zero-order chi connectivity index (χ0) is 12.3. The van der Waals surface area contributed by atoms with Crippen molar-refractivity contribution in [2.75, 3.05) is 7.11 Å². The second-order valence-corrected chi connectivity index (χ2v) is 3.96. The first-order chi connectivity index (χ1) is 8.26. The van der Waals surface area contributed by atoms with Crippen molar-refractivity contribution in [3.05, 3.63) is 53.1 Å². The fourth-order valence-corrected chi connectivity index (χ4v) is 1.88. The molecular formula is C14H11ClO2. The molecule has 17 heavy (non-hydrogen) atoms. The smallest absolute Gasteiger partial charge is 0.150 e. The summed E-state index contributed by atoms with van der Waals surface area (Å²) in [4.78, 5) is 11.0. The standard InChI is InChI=1S/C14H11ClO2/c1-17-14-8-10(6-7-13(14)15)12-5-3-2-4-11(12)9-16/h2-9H,1H3. The molecule has 0 atom stereocenters. The summed E-state index contributed by atoms with van der Waals surface area (Å²) >= 11 is 5.96. The van der Waals surface area contributed by atoms with Gasteiger partial charge in [0, 0.05) is 5.56 Å². The molecule has 0 aliphatic rings. The maximum Gasteiger partial charge on any atom is 0.150 e. The van der Waals surface area contributed by atoms with Crippen LogP contribution in [0.2, 0.25) is 5.02 Å². The lowest BCUT2D eigenvalue weighted by Crippen LogP contribution is -1.89. The van der Waals surface area contributed by atoms with Gasteiger partial charge in [-0.2, -0.15) is 0 Å². The molecule has 0 amide bonds. The Labute approximate surface area is 105 Å². The van der Waals surface area contributed by atoms with Crippen molar-refractivity contribution in [1.82, 2.24) is 0 Å². The number of rotatable bonds is 3. The molecule has 86 valence electrons. The summed E-state index contributed by atoms with van der Waals surface area (Å²) in [7, 11) is 1.57. The van der Waals surface area contributed by atoms with Crippen LogP contribution in [-0.2, 0) is 0 Å². The summed E-state index contributed by atoms with van der Waals surface area (Å²) < 4.78 is 5.16. The number of methoxy groups -OCH3 is 1. The van der Waals surface area contributed by atoms with E-state index >= 15 is 0 Å². The van der Waals surface area contributed by atoms with Crippen LogP contribution < -0.4 is 4.74 Å². The molecule has 0 fully saturated rings. The summed E-state index contributed by atoms with van der Waals surface area (Å²) in [5.74, 6) is 0.602. The zero-order valence-corrected chi connectivity index (χ0v) is 10.1. The molecule has 3 heteroatoms. The third kappa shape index (κ3) is 2.32. The minimum atomic E-state index is 0.555. The lowest BCUT2D eigenvalue weighted by molar-refractivity contribution is 0.112. The van der Waals surface area contributed by atoms with E-state index in [1.165, 1.54) is 0 Å². The minimum absolute atomic E-state index is 0.555. The average Bonchev–Trinajstić information content (AvgIpc) is 2.39. The van der Waals surface area contributed by atoms with E-state index in [1.54, 1.807) is 19.2 Å². The molecule has 0 saturated heterocycles. The van der Waals surface area contributed by atoms with E-state index in [2.05, 4.69) is 0 Å². The molecule has 0 heterocycles. The highest BCUT2D eigenvalue weighted by Crippen LogP contribution is 2.31. The molecule has 0 N–H and O–H groups in total. The second kappa shape index (κ2) is 5.02. The van der Waals surface area contributed by atoms with E-state index in [-0.39, 0.29) is 0 Å². The van der Waals surface area contributed by atoms with E-state index in [0.717, 1.165) is 17.4 Å². The van der Waals surface area contributed by atoms with Crippen molar-refractivity contribution in [2.24, 2.45) is 0 Å². The summed E-state index contributed by atoms with van der Waals surface area (Å²) in [5, 5.41) is 0.555. The third-order valence-electron chi connectivity index (χ3n) is 2.55. The Hall–Kier alpha value is -1.80. The van der Waals surface area contributed by atoms with Gasteiger partial charge in [0.1, 0.15) is 5.75 Å². The summed E-state index contributed by atoms with van der Waals surface area (Å²) in [6, 6.07) is 12.9. The van der Waals surface area contributed by atoms with Gasteiger partial charge in [0.05, 0.1) is 12.1 Å². The number of ether oxygens (including phenoxy) is 1. The topological polar surface area (TPSA) is 26.3 Å². The number of aldehydes is 1. The first kappa shape index (κ1) is 11.7. The van der Waals surface area contributed by atoms with Crippen molar-refractivity contribution in [3.63, 3.8) is 0 Å². The zero-order valence-electron chi connectivity index (χ0n) is 9.31. The van der Waals surface area contributed by atoms with Crippen LogP contribution >= 0.6 is 11.6 Å². The number of carbonyl (C=O) groups is 1. The molecular weight excluding hydrogens is 236 g/mol. The van der Waals surface area contributed by atoms with Crippen LogP contribution in [0.5, 0.6) is 5.75 Å². The molecule has 0 saturated carbocycles. The van der Waals surface area contributed by atoms with Gasteiger partial charge in [0.2, 0.25) is 0 Å². The van der Waals surface area contributed by atoms with Crippen LogP contribution in [0, 0.1) is 0 Å². The average molecular weight is 247 g/mol. The minimum Gasteiger partial charge on any atom is -0.495 e. The van der Waals surface area contributed by atoms with E-state index in [4.69, 9.17) is 16.3 Å². The Kier molecular flexibility index (Phi) is 3.45. The highest BCUT2D eigenvalue weighted by atomic mass is 35.5. The summed E-state index contributed by atoms with van der Waals surface area (Å²) in [6.45, 7) is 0. The number of benzene rings is 2. The van der Waals surface area contributed by atoms with Crippen molar-refractivity contribution in [3.8, 4) is 16.9 Å². The predicted molar refractivity (Wildman–Crippen MR) is 68.8 cm³/mol. The van der Waals surface area contributed by atoms with Crippen LogP contribution in [-0.4, -0.2) is 13.4 Å². The van der Waals surface area contributed by atoms with Gasteiger partial charge < -0.3 is 4.74 Å². The van der Waals surface area contributed by atoms with Crippen LogP contribution in [0.4, 0.5) is 0 Å². The van der Waals surface area contributed by atoms with Gasteiger partial charge in [0.15, 0.2) is 6.29 Å². The molecule has 2 rings (SSSR count). The van der Waals surface area contributed by atoms with Crippen LogP contribution in [0.1, 0.15) is 10.4 Å². The van der Waals surface area contributed by atoms with Gasteiger partial charge in [-0.15, -0.1) is 0 Å². The first-order valence-corrected chi connectivity index (χ1v) is 5.52. The van der Waals surface area contributed by atoms with E-state index in [9.17, 15) is 4.79 Å². The lowest BCUT2D eigenvalue weighted by atomic mass is 10.0. The molecule has 2 nitrogen and oxygen atoms in total. The van der Waals surface area contributed by atoms with Gasteiger partial charge in [-0.25, -0.2) is 0 Å². The molecule has 0 spiro atoms. The second-order valence-electron chi connectivity index (χ2n) is 3.55. The first-order valence-electron chi connectivity index (χ1n) is 5.14. The molecule has 2 aromatic rings. The Bertz CT molecular complexity index is 550. The van der Waals surface area contributed by atoms with Gasteiger partial charge >= 0.3 is 0 Å². The fourth-order valence-electron chi connectivity index (χ4n) is 1.69. The Morgan fingerprint density at radius 2 is 1.94 bits per heavy atom. The highest BCUT2D eigenvalue weighted by molar-refractivity contribution is 6.32. The van der Waals surface area contributed by atoms with Crippen molar-refractivity contribution >= 4 is 17.9 Å². The maximum absolute atomic E-state index is 11.0. The monoisotopic (exact) mass is 246 g/mol. The molecule has 0 aliphatic heterocycles. The van der Waals surface area contributed by atoms with Gasteiger partial charge in [-0.3, -0.25) is 4.79 Å². The van der Waals surface area contributed by atoms with E-state index < -0.39 is 0 Å². The molecule has 0 unspecified atom stereocenters. The third-order valence-corrected chi connectivity index (χ3v) is 2.86. The van der Waals surface area contributed by atoms with Gasteiger partial charge in [-0.05, 0) is 23.3 Å². The van der Waals surface area contributed by atoms with E-state index in [0.29, 0.717) is 16.3 Å². The summed E-state index contributed by atoms with van der Waals surface area (Å²) in [5.41, 5.74) is 2.43. The Morgan fingerprint density at radius 3 is 2.65 bits per heavy atom. The van der Waals surface area contributed by atoms with Crippen LogP contribution in [0.15, 0.2) is 42.5 Å². The number of hydrogen-bond donors (Lipinski definition) is 0. The number of hydrogen-bond acceptors (Lipinski definition) is 2. The predicted octanol–water partition coefficient (Wildman–Crippen LogP) is 3.83. The van der Waals surface area contributed by atoms with Crippen LogP contribution in [0.3, 0.4) is 0 Å². The maximum atomic E-state index is 11.0. The molecule has 0 aliphatic carbocycles. The lowest BCUT2D eigenvalue weighted by Gasteiger charge is -2.08. The summed E-state index contributed by atoms with van der Waals surface area (Å²) in [6.07, 6.45) is 0.844. The van der Waals surface area contributed by atoms with Crippen molar-refractivity contribution < 1.29 is 9.53 Å². The van der Waals surface area contributed by atoms with Gasteiger partial charge in [0.25, 0.3) is 0 Å². The van der Waals surface area contributed by atoms with Crippen molar-refractivity contribution in [1.29, 1.82) is 0 Å². The Morgan fingerprint density at radius 1 is 1.18 bits per heavy atom. The quantitative estimate of drug-likeness (QED) is 0.770. The van der Waals surface area contributed by atoms with Crippen LogP contribution in [0.25, 0.3) is 11.1 Å². The molecule has 0 bridgehead atoms. The molecule has 0 radical (unpaired) electrons. The SMILES string of the molecule is COc1cc(-c2ccccc2C=O)ccc1Cl. The van der Waals surface area contributed by atoms with E-state index in [1.807, 2.05) is 30.3 Å². The number of halogens is 1.